The summed E-state index contributed by atoms with van der Waals surface area (Å²) < 4.78 is 11.9. The van der Waals surface area contributed by atoms with Crippen LogP contribution in [0.4, 0.5) is 0 Å². The second-order valence-corrected chi connectivity index (χ2v) is 16.8. The van der Waals surface area contributed by atoms with Gasteiger partial charge in [0.15, 0.2) is 0 Å². The molecule has 13 heteroatoms. The van der Waals surface area contributed by atoms with Gasteiger partial charge in [0, 0.05) is 27.8 Å². The number of likely N-dealkylation sites (N-methyl/N-ethyl adjacent to an activating group) is 2. The van der Waals surface area contributed by atoms with E-state index in [9.17, 15) is 24.3 Å². The van der Waals surface area contributed by atoms with Crippen molar-refractivity contribution in [2.45, 2.75) is 129 Å². The molecule has 0 spiro atoms. The number of carbonyl (C=O) groups excluding carboxylic acids is 4. The second kappa shape index (κ2) is 19.5. The molecule has 4 amide bonds. The number of carbonyl (C=O) groups is 4. The van der Waals surface area contributed by atoms with Gasteiger partial charge < -0.3 is 35.0 Å². The number of aliphatic hydroxyl groups excluding tert-OH is 1. The Morgan fingerprint density at radius 3 is 2.20 bits per heavy atom. The van der Waals surface area contributed by atoms with Crippen molar-refractivity contribution >= 4 is 35.0 Å². The van der Waals surface area contributed by atoms with Gasteiger partial charge in [0.2, 0.25) is 23.6 Å². The Bertz CT molecular complexity index is 1270. The third-order valence-electron chi connectivity index (χ3n) is 10.9. The SMILES string of the molecule is CC[C@H](C)[C@@H]([C@@H](CC(=O)N1CCC[C@H]1[C@H](OC)[C@@H](C)C(=O)N[C@H](CO)Cc1ccsc1)OC)N(C)C(=O)[C@@H](NC(=O)C(C)(C)N(C)C)C(C)(C)C. The van der Waals surface area contributed by atoms with Gasteiger partial charge in [-0.1, -0.05) is 48.0 Å². The number of aliphatic hydroxyl groups is 1. The molecule has 1 aliphatic rings. The Hall–Kier alpha value is -2.58. The first-order valence-electron chi connectivity index (χ1n) is 18.3. The first-order chi connectivity index (χ1) is 23.8. The number of rotatable bonds is 19. The molecule has 1 aromatic rings. The summed E-state index contributed by atoms with van der Waals surface area (Å²) in [5, 5.41) is 19.9. The van der Waals surface area contributed by atoms with Crippen LogP contribution in [0.15, 0.2) is 16.8 Å². The van der Waals surface area contributed by atoms with Crippen molar-refractivity contribution in [1.29, 1.82) is 0 Å². The molecule has 0 bridgehead atoms. The van der Waals surface area contributed by atoms with Crippen LogP contribution in [-0.2, 0) is 35.1 Å². The van der Waals surface area contributed by atoms with Crippen LogP contribution < -0.4 is 10.6 Å². The molecular formula is C38H67N5O7S. The lowest BCUT2D eigenvalue weighted by Gasteiger charge is -2.43. The zero-order valence-electron chi connectivity index (χ0n) is 33.4. The second-order valence-electron chi connectivity index (χ2n) is 16.0. The van der Waals surface area contributed by atoms with E-state index in [0.717, 1.165) is 18.4 Å². The number of nitrogens with one attached hydrogen (secondary N) is 2. The minimum atomic E-state index is -0.838. The standard InChI is InChI=1S/C38H67N5O7S/c1-14-24(2)31(42(11)35(47)33(37(4,5)6)40-36(48)38(7,8)41(9)10)29(49-12)21-30(45)43-18-15-16-28(43)32(50-13)25(3)34(46)39-27(22-44)20-26-17-19-51-23-26/h17,19,23-25,27-29,31-33,44H,14-16,18,20-22H2,1-13H3,(H,39,46)(H,40,48)/t24-,25+,27-,28-,29+,31-,32+,33+/m0/s1. The number of amides is 4. The van der Waals surface area contributed by atoms with Gasteiger partial charge in [-0.25, -0.2) is 0 Å². The maximum atomic E-state index is 14.3. The van der Waals surface area contributed by atoms with Gasteiger partial charge in [0.25, 0.3) is 0 Å². The summed E-state index contributed by atoms with van der Waals surface area (Å²) in [4.78, 5) is 60.6. The van der Waals surface area contributed by atoms with E-state index in [1.807, 2.05) is 84.3 Å². The zero-order chi connectivity index (χ0) is 38.8. The lowest BCUT2D eigenvalue weighted by molar-refractivity contribution is -0.149. The van der Waals surface area contributed by atoms with Crippen molar-refractivity contribution in [2.24, 2.45) is 17.3 Å². The summed E-state index contributed by atoms with van der Waals surface area (Å²) in [7, 11) is 8.51. The van der Waals surface area contributed by atoms with E-state index in [2.05, 4.69) is 10.6 Å². The average Bonchev–Trinajstić information content (AvgIpc) is 3.78. The fourth-order valence-corrected chi connectivity index (χ4v) is 7.54. The van der Waals surface area contributed by atoms with Crippen LogP contribution in [0.1, 0.15) is 86.6 Å². The highest BCUT2D eigenvalue weighted by atomic mass is 32.1. The first kappa shape index (κ1) is 44.6. The zero-order valence-corrected chi connectivity index (χ0v) is 34.3. The molecule has 0 aliphatic carbocycles. The molecule has 0 aromatic carbocycles. The number of hydrogen-bond donors (Lipinski definition) is 3. The molecule has 51 heavy (non-hydrogen) atoms. The minimum Gasteiger partial charge on any atom is -0.394 e. The normalized spacial score (nSPS) is 19.5. The Morgan fingerprint density at radius 1 is 1.06 bits per heavy atom. The third kappa shape index (κ3) is 11.5. The van der Waals surface area contributed by atoms with Crippen molar-refractivity contribution in [2.75, 3.05) is 48.5 Å². The number of likely N-dealkylation sites (tertiary alicyclic amines) is 1. The molecule has 8 atom stereocenters. The van der Waals surface area contributed by atoms with Crippen molar-refractivity contribution in [3.8, 4) is 0 Å². The molecule has 1 aromatic heterocycles. The van der Waals surface area contributed by atoms with Crippen LogP contribution in [0.2, 0.25) is 0 Å². The van der Waals surface area contributed by atoms with Gasteiger partial charge in [-0.2, -0.15) is 11.3 Å². The maximum absolute atomic E-state index is 14.3. The van der Waals surface area contributed by atoms with E-state index in [1.165, 1.54) is 0 Å². The number of thiophene rings is 1. The molecule has 2 rings (SSSR count). The number of nitrogens with zero attached hydrogens (tertiary/aromatic N) is 3. The molecule has 0 unspecified atom stereocenters. The van der Waals surface area contributed by atoms with Crippen LogP contribution in [0.25, 0.3) is 0 Å². The van der Waals surface area contributed by atoms with E-state index in [1.54, 1.807) is 49.3 Å². The summed E-state index contributed by atoms with van der Waals surface area (Å²) in [5.41, 5.74) is -0.385. The highest BCUT2D eigenvalue weighted by Crippen LogP contribution is 2.31. The highest BCUT2D eigenvalue weighted by molar-refractivity contribution is 7.07. The molecule has 3 N–H and O–H groups in total. The molecule has 0 saturated carbocycles. The summed E-state index contributed by atoms with van der Waals surface area (Å²) in [6.07, 6.45) is 1.56. The third-order valence-corrected chi connectivity index (χ3v) is 11.7. The minimum absolute atomic E-state index is 0.0235. The predicted molar refractivity (Wildman–Crippen MR) is 202 cm³/mol. The Labute approximate surface area is 311 Å². The van der Waals surface area contributed by atoms with Crippen molar-refractivity contribution < 1.29 is 33.8 Å². The molecule has 2 heterocycles. The Balaban J connectivity index is 2.28. The van der Waals surface area contributed by atoms with Crippen LogP contribution in [-0.4, -0.2) is 134 Å². The van der Waals surface area contributed by atoms with Gasteiger partial charge in [-0.15, -0.1) is 0 Å². The van der Waals surface area contributed by atoms with E-state index in [-0.39, 0.29) is 48.6 Å². The topological polar surface area (TPSA) is 141 Å². The quantitative estimate of drug-likeness (QED) is 0.196. The molecule has 1 fully saturated rings. The Morgan fingerprint density at radius 2 is 1.71 bits per heavy atom. The molecule has 292 valence electrons. The van der Waals surface area contributed by atoms with E-state index in [0.29, 0.717) is 19.4 Å². The summed E-state index contributed by atoms with van der Waals surface area (Å²) >= 11 is 1.57. The van der Waals surface area contributed by atoms with Crippen LogP contribution in [0, 0.1) is 17.3 Å². The monoisotopic (exact) mass is 737 g/mol. The van der Waals surface area contributed by atoms with Crippen LogP contribution >= 0.6 is 11.3 Å². The predicted octanol–water partition coefficient (Wildman–Crippen LogP) is 3.56. The van der Waals surface area contributed by atoms with Crippen molar-refractivity contribution in [3.05, 3.63) is 22.4 Å². The lowest BCUT2D eigenvalue weighted by atomic mass is 9.83. The summed E-state index contributed by atoms with van der Waals surface area (Å²) in [6.45, 7) is 15.6. The largest absolute Gasteiger partial charge is 0.394 e. The van der Waals surface area contributed by atoms with E-state index >= 15 is 0 Å². The van der Waals surface area contributed by atoms with Gasteiger partial charge in [0.05, 0.1) is 54.8 Å². The maximum Gasteiger partial charge on any atom is 0.245 e. The molecule has 1 saturated heterocycles. The fraction of sp³-hybridized carbons (Fsp3) is 0.789. The smallest absolute Gasteiger partial charge is 0.245 e. The number of ether oxygens (including phenoxy) is 2. The van der Waals surface area contributed by atoms with Gasteiger partial charge in [0.1, 0.15) is 6.04 Å². The Kier molecular flexibility index (Phi) is 17.0. The van der Waals surface area contributed by atoms with E-state index < -0.39 is 47.2 Å². The fourth-order valence-electron chi connectivity index (χ4n) is 6.86. The first-order valence-corrected chi connectivity index (χ1v) is 19.2. The van der Waals surface area contributed by atoms with Crippen LogP contribution in [0.3, 0.4) is 0 Å². The summed E-state index contributed by atoms with van der Waals surface area (Å²) in [6, 6.07) is -0.0556. The summed E-state index contributed by atoms with van der Waals surface area (Å²) in [5.74, 6) is -1.48. The number of hydrogen-bond acceptors (Lipinski definition) is 9. The van der Waals surface area contributed by atoms with Gasteiger partial charge in [-0.05, 0) is 80.9 Å². The number of methoxy groups -OCH3 is 2. The van der Waals surface area contributed by atoms with Crippen LogP contribution in [0.5, 0.6) is 0 Å². The highest BCUT2D eigenvalue weighted by Gasteiger charge is 2.45. The van der Waals surface area contributed by atoms with Crippen molar-refractivity contribution in [1.82, 2.24) is 25.3 Å². The molecule has 0 radical (unpaired) electrons. The molecular weight excluding hydrogens is 671 g/mol. The van der Waals surface area contributed by atoms with Gasteiger partial charge in [-0.3, -0.25) is 24.1 Å². The lowest BCUT2D eigenvalue weighted by Crippen LogP contribution is -2.63. The molecule has 12 nitrogen and oxygen atoms in total. The van der Waals surface area contributed by atoms with E-state index in [4.69, 9.17) is 9.47 Å². The molecule has 1 aliphatic heterocycles. The van der Waals surface area contributed by atoms with Crippen molar-refractivity contribution in [3.63, 3.8) is 0 Å². The van der Waals surface area contributed by atoms with Gasteiger partial charge >= 0.3 is 0 Å². The average molecular weight is 738 g/mol.